The van der Waals surface area contributed by atoms with Crippen molar-refractivity contribution >= 4 is 5.97 Å². The third-order valence-corrected chi connectivity index (χ3v) is 9.16. The normalized spacial score (nSPS) is 50.0. The van der Waals surface area contributed by atoms with Crippen LogP contribution in [0.25, 0.3) is 0 Å². The molecule has 0 aromatic heterocycles. The molecule has 5 rings (SSSR count). The highest BCUT2D eigenvalue weighted by Gasteiger charge is 2.59. The molecule has 0 aromatic rings. The Hall–Kier alpha value is -0.970. The third kappa shape index (κ3) is 5.73. The molecule has 39 heavy (non-hydrogen) atoms. The van der Waals surface area contributed by atoms with E-state index in [4.69, 9.17) is 28.4 Å². The average molecular weight is 563 g/mol. The summed E-state index contributed by atoms with van der Waals surface area (Å²) in [6, 6.07) is 0. The summed E-state index contributed by atoms with van der Waals surface area (Å²) in [4.78, 5) is 12.1. The van der Waals surface area contributed by atoms with Crippen molar-refractivity contribution in [2.45, 2.75) is 132 Å². The zero-order valence-corrected chi connectivity index (χ0v) is 22.3. The molecule has 13 heteroatoms. The Morgan fingerprint density at radius 3 is 2.28 bits per heavy atom. The molecule has 6 N–H and O–H groups in total. The van der Waals surface area contributed by atoms with E-state index in [2.05, 4.69) is 0 Å². The van der Waals surface area contributed by atoms with Gasteiger partial charge in [0.1, 0.15) is 42.7 Å². The van der Waals surface area contributed by atoms with Gasteiger partial charge < -0.3 is 59.1 Å². The molecule has 2 saturated carbocycles. The zero-order valence-electron chi connectivity index (χ0n) is 22.3. The molecule has 1 spiro atoms. The largest absolute Gasteiger partial charge is 0.479 e. The van der Waals surface area contributed by atoms with Crippen molar-refractivity contribution in [3.05, 3.63) is 0 Å². The first kappa shape index (κ1) is 29.5. The molecule has 2 aliphatic carbocycles. The molecule has 0 aromatic carbocycles. The van der Waals surface area contributed by atoms with Crippen LogP contribution in [0.5, 0.6) is 0 Å². The minimum atomic E-state index is -1.47. The number of hydrogen-bond donors (Lipinski definition) is 6. The maximum atomic E-state index is 12.1. The van der Waals surface area contributed by atoms with Crippen molar-refractivity contribution in [1.29, 1.82) is 0 Å². The van der Waals surface area contributed by atoms with E-state index in [1.807, 2.05) is 6.92 Å². The fourth-order valence-corrected chi connectivity index (χ4v) is 6.46. The molecular formula is C26H42O13. The summed E-state index contributed by atoms with van der Waals surface area (Å²) in [6.07, 6.45) is -10.00. The lowest BCUT2D eigenvalue weighted by Crippen LogP contribution is -2.64. The van der Waals surface area contributed by atoms with Crippen LogP contribution in [0.4, 0.5) is 0 Å². The van der Waals surface area contributed by atoms with Crippen LogP contribution in [0, 0.1) is 11.3 Å². The van der Waals surface area contributed by atoms with E-state index in [9.17, 15) is 35.4 Å². The topological polar surface area (TPSA) is 194 Å². The van der Waals surface area contributed by atoms with Crippen molar-refractivity contribution < 1.29 is 63.9 Å². The molecule has 0 bridgehead atoms. The zero-order chi connectivity index (χ0) is 28.1. The predicted octanol–water partition coefficient (Wildman–Crippen LogP) is -1.11. The molecule has 6 unspecified atom stereocenters. The van der Waals surface area contributed by atoms with E-state index in [1.54, 1.807) is 6.92 Å². The number of carboxylic acids is 1. The fourth-order valence-electron chi connectivity index (χ4n) is 6.46. The van der Waals surface area contributed by atoms with Crippen molar-refractivity contribution in [1.82, 2.24) is 0 Å². The average Bonchev–Trinajstić information content (AvgIpc) is 3.68. The van der Waals surface area contributed by atoms with Crippen LogP contribution in [0.3, 0.4) is 0 Å². The van der Waals surface area contributed by atoms with Gasteiger partial charge in [-0.1, -0.05) is 13.3 Å². The van der Waals surface area contributed by atoms with Crippen LogP contribution in [0.1, 0.15) is 52.4 Å². The highest BCUT2D eigenvalue weighted by atomic mass is 16.7. The standard InChI is InChI=1S/C26H42O13/c1-11-4-3-5-13(19(11)39-24-18(31)17(30)15(28)12(2)35-24)36-25-21-20(16(29)14(10-27)37-25)38-22(23(32)33)26(6-7-26)8-9-34-21/h11-22,24-25,27-31H,3-10H2,1-2H3,(H,32,33)/t11?,12?,13-,14+,15-,16+,17?,18+,19?,20?,21?,22+,24+,25-/m1/s1. The van der Waals surface area contributed by atoms with E-state index < -0.39 is 97.7 Å². The number of rotatable bonds is 6. The van der Waals surface area contributed by atoms with E-state index in [-0.39, 0.29) is 12.5 Å². The fraction of sp³-hybridized carbons (Fsp3) is 0.962. The Morgan fingerprint density at radius 1 is 0.872 bits per heavy atom. The van der Waals surface area contributed by atoms with Crippen LogP contribution in [-0.2, 0) is 33.2 Å². The van der Waals surface area contributed by atoms with Gasteiger partial charge in [0.15, 0.2) is 18.7 Å². The van der Waals surface area contributed by atoms with Crippen LogP contribution in [0.2, 0.25) is 0 Å². The van der Waals surface area contributed by atoms with Crippen molar-refractivity contribution in [3.8, 4) is 0 Å². The summed E-state index contributed by atoms with van der Waals surface area (Å²) in [6.45, 7) is 3.23. The number of aliphatic carboxylic acids is 1. The highest BCUT2D eigenvalue weighted by molar-refractivity contribution is 5.74. The number of aliphatic hydroxyl groups is 5. The molecule has 3 saturated heterocycles. The number of hydrogen-bond acceptors (Lipinski definition) is 12. The van der Waals surface area contributed by atoms with E-state index >= 15 is 0 Å². The second-order valence-electron chi connectivity index (χ2n) is 11.8. The summed E-state index contributed by atoms with van der Waals surface area (Å²) in [5, 5.41) is 61.6. The van der Waals surface area contributed by atoms with Gasteiger partial charge in [0.25, 0.3) is 0 Å². The van der Waals surface area contributed by atoms with E-state index in [1.165, 1.54) is 0 Å². The lowest BCUT2D eigenvalue weighted by molar-refractivity contribution is -0.356. The van der Waals surface area contributed by atoms with E-state index in [0.717, 1.165) is 12.8 Å². The van der Waals surface area contributed by atoms with Gasteiger partial charge in [0, 0.05) is 12.0 Å². The number of carbonyl (C=O) groups is 1. The first-order valence-electron chi connectivity index (χ1n) is 14.0. The quantitative estimate of drug-likeness (QED) is 0.228. The number of aliphatic hydroxyl groups excluding tert-OH is 5. The maximum absolute atomic E-state index is 12.1. The molecule has 14 atom stereocenters. The van der Waals surface area contributed by atoms with Gasteiger partial charge in [-0.3, -0.25) is 0 Å². The Morgan fingerprint density at radius 2 is 1.62 bits per heavy atom. The lowest BCUT2D eigenvalue weighted by atomic mass is 9.85. The van der Waals surface area contributed by atoms with Crippen LogP contribution >= 0.6 is 0 Å². The second-order valence-corrected chi connectivity index (χ2v) is 11.8. The van der Waals surface area contributed by atoms with Gasteiger partial charge in [0.05, 0.1) is 24.9 Å². The van der Waals surface area contributed by atoms with Gasteiger partial charge in [0.2, 0.25) is 0 Å². The second kappa shape index (κ2) is 11.7. The summed E-state index contributed by atoms with van der Waals surface area (Å²) >= 11 is 0. The summed E-state index contributed by atoms with van der Waals surface area (Å²) in [5.74, 6) is -1.13. The molecule has 224 valence electrons. The lowest BCUT2D eigenvalue weighted by Gasteiger charge is -2.49. The Balaban J connectivity index is 1.35. The molecule has 0 amide bonds. The van der Waals surface area contributed by atoms with Gasteiger partial charge >= 0.3 is 5.97 Å². The van der Waals surface area contributed by atoms with Crippen LogP contribution < -0.4 is 0 Å². The van der Waals surface area contributed by atoms with Crippen molar-refractivity contribution in [2.75, 3.05) is 13.2 Å². The molecule has 3 heterocycles. The van der Waals surface area contributed by atoms with Gasteiger partial charge in [-0.15, -0.1) is 0 Å². The van der Waals surface area contributed by atoms with Crippen LogP contribution in [-0.4, -0.2) is 130 Å². The molecular weight excluding hydrogens is 520 g/mol. The first-order valence-corrected chi connectivity index (χ1v) is 14.0. The number of carboxylic acid groups (broad SMARTS) is 1. The minimum absolute atomic E-state index is 0.0296. The number of ether oxygens (including phenoxy) is 6. The van der Waals surface area contributed by atoms with Crippen molar-refractivity contribution in [2.24, 2.45) is 11.3 Å². The minimum Gasteiger partial charge on any atom is -0.479 e. The molecule has 0 radical (unpaired) electrons. The molecule has 13 nitrogen and oxygen atoms in total. The van der Waals surface area contributed by atoms with Gasteiger partial charge in [-0.25, -0.2) is 4.79 Å². The maximum Gasteiger partial charge on any atom is 0.333 e. The van der Waals surface area contributed by atoms with Gasteiger partial charge in [-0.05, 0) is 44.9 Å². The van der Waals surface area contributed by atoms with E-state index in [0.29, 0.717) is 25.7 Å². The predicted molar refractivity (Wildman–Crippen MR) is 129 cm³/mol. The first-order chi connectivity index (χ1) is 18.6. The van der Waals surface area contributed by atoms with Crippen molar-refractivity contribution in [3.63, 3.8) is 0 Å². The monoisotopic (exact) mass is 562 g/mol. The summed E-state index contributed by atoms with van der Waals surface area (Å²) in [7, 11) is 0. The third-order valence-electron chi connectivity index (χ3n) is 9.16. The van der Waals surface area contributed by atoms with Crippen LogP contribution in [0.15, 0.2) is 0 Å². The Labute approximate surface area is 226 Å². The SMILES string of the molecule is CC1CCC[C@@H](O[C@@H]2O[C@@H](CO)[C@H](O)C3O[C@@H](C(=O)O)C4(CCOC32)CC4)C1O[C@@H]1OC(C)[C@@H](O)C(O)[C@@H]1O. The molecule has 5 aliphatic rings. The smallest absolute Gasteiger partial charge is 0.333 e. The molecule has 5 fully saturated rings. The number of fused-ring (bicyclic) bond motifs is 1. The molecule has 3 aliphatic heterocycles. The Bertz CT molecular complexity index is 854. The van der Waals surface area contributed by atoms with Gasteiger partial charge in [-0.2, -0.15) is 0 Å². The summed E-state index contributed by atoms with van der Waals surface area (Å²) in [5.41, 5.74) is -0.534. The summed E-state index contributed by atoms with van der Waals surface area (Å²) < 4.78 is 36.3. The Kier molecular flexibility index (Phi) is 8.87. The highest BCUT2D eigenvalue weighted by Crippen LogP contribution is 2.54.